The number of aliphatic carboxylic acids is 1. The summed E-state index contributed by atoms with van der Waals surface area (Å²) in [4.78, 5) is 26.4. The molecule has 174 valence electrons. The standard InChI is InChI=1S/C25H26ClFN2O4/c1-3-21(25(31)32)29-22-10-6-16(27)12-19(22)20-13-17(7-11-23(20)29)28(2)24(30)14-33-18-8-4-15(26)5-9-18/h4-6,8-10,12,17,21H,3,7,11,13-14H2,1-2H3,(H,31,32). The van der Waals surface area contributed by atoms with Gasteiger partial charge in [0.2, 0.25) is 0 Å². The van der Waals surface area contributed by atoms with Crippen molar-refractivity contribution in [3.63, 3.8) is 0 Å². The average molecular weight is 473 g/mol. The van der Waals surface area contributed by atoms with Crippen LogP contribution in [-0.4, -0.2) is 46.1 Å². The van der Waals surface area contributed by atoms with E-state index in [1.54, 1.807) is 42.3 Å². The summed E-state index contributed by atoms with van der Waals surface area (Å²) < 4.78 is 21.6. The summed E-state index contributed by atoms with van der Waals surface area (Å²) in [6.07, 6.45) is 2.25. The van der Waals surface area contributed by atoms with Crippen molar-refractivity contribution in [2.45, 2.75) is 44.7 Å². The summed E-state index contributed by atoms with van der Waals surface area (Å²) in [5.74, 6) is -0.876. The van der Waals surface area contributed by atoms with Crippen molar-refractivity contribution in [1.29, 1.82) is 0 Å². The molecular weight excluding hydrogens is 447 g/mol. The number of aromatic nitrogens is 1. The first-order chi connectivity index (χ1) is 15.8. The van der Waals surface area contributed by atoms with Gasteiger partial charge >= 0.3 is 5.97 Å². The molecule has 1 aliphatic rings. The maximum atomic E-state index is 14.1. The Bertz CT molecular complexity index is 1190. The molecule has 0 aliphatic heterocycles. The number of nitrogens with zero attached hydrogens (tertiary/aromatic N) is 2. The number of carboxylic acids is 1. The van der Waals surface area contributed by atoms with Crippen LogP contribution in [0, 0.1) is 5.82 Å². The quantitative estimate of drug-likeness (QED) is 0.532. The predicted molar refractivity (Wildman–Crippen MR) is 124 cm³/mol. The number of amides is 1. The topological polar surface area (TPSA) is 71.8 Å². The Balaban J connectivity index is 1.58. The van der Waals surface area contributed by atoms with Crippen molar-refractivity contribution in [2.24, 2.45) is 0 Å². The molecule has 0 spiro atoms. The fourth-order valence-corrected chi connectivity index (χ4v) is 4.81. The first kappa shape index (κ1) is 23.1. The average Bonchev–Trinajstić information content (AvgIpc) is 3.11. The van der Waals surface area contributed by atoms with Gasteiger partial charge in [-0.3, -0.25) is 4.79 Å². The van der Waals surface area contributed by atoms with Crippen molar-refractivity contribution in [3.05, 3.63) is 64.6 Å². The van der Waals surface area contributed by atoms with Gasteiger partial charge in [-0.1, -0.05) is 18.5 Å². The van der Waals surface area contributed by atoms with E-state index < -0.39 is 12.0 Å². The smallest absolute Gasteiger partial charge is 0.326 e. The van der Waals surface area contributed by atoms with Gasteiger partial charge in [-0.25, -0.2) is 9.18 Å². The maximum Gasteiger partial charge on any atom is 0.326 e. The van der Waals surface area contributed by atoms with Crippen LogP contribution in [0.15, 0.2) is 42.5 Å². The van der Waals surface area contributed by atoms with E-state index in [1.165, 1.54) is 12.1 Å². The van der Waals surface area contributed by atoms with Gasteiger partial charge < -0.3 is 19.3 Å². The molecule has 1 aliphatic carbocycles. The molecule has 2 unspecified atom stereocenters. The Morgan fingerprint density at radius 2 is 2.00 bits per heavy atom. The zero-order chi connectivity index (χ0) is 23.7. The van der Waals surface area contributed by atoms with Crippen LogP contribution in [0.5, 0.6) is 5.75 Å². The SMILES string of the molecule is CCC(C(=O)O)n1c2c(c3cc(F)ccc31)CC(N(C)C(=O)COc1ccc(Cl)cc1)CC2. The Morgan fingerprint density at radius 1 is 1.27 bits per heavy atom. The van der Waals surface area contributed by atoms with Gasteiger partial charge in [-0.15, -0.1) is 0 Å². The second-order valence-corrected chi connectivity index (χ2v) is 8.80. The van der Waals surface area contributed by atoms with Gasteiger partial charge in [0, 0.05) is 34.7 Å². The Hall–Kier alpha value is -3.06. The number of likely N-dealkylation sites (N-methyl/N-ethyl adjacent to an activating group) is 1. The molecule has 0 fully saturated rings. The molecule has 33 heavy (non-hydrogen) atoms. The van der Waals surface area contributed by atoms with Crippen LogP contribution >= 0.6 is 11.6 Å². The highest BCUT2D eigenvalue weighted by Crippen LogP contribution is 2.37. The summed E-state index contributed by atoms with van der Waals surface area (Å²) in [6, 6.07) is 10.5. The monoisotopic (exact) mass is 472 g/mol. The minimum Gasteiger partial charge on any atom is -0.484 e. The number of rotatable bonds is 7. The molecule has 0 saturated heterocycles. The van der Waals surface area contributed by atoms with Crippen LogP contribution < -0.4 is 4.74 Å². The Morgan fingerprint density at radius 3 is 2.67 bits per heavy atom. The number of hydrogen-bond donors (Lipinski definition) is 1. The molecule has 1 heterocycles. The first-order valence-electron chi connectivity index (χ1n) is 11.0. The molecule has 8 heteroatoms. The largest absolute Gasteiger partial charge is 0.484 e. The lowest BCUT2D eigenvalue weighted by atomic mass is 9.90. The van der Waals surface area contributed by atoms with Crippen LogP contribution in [0.4, 0.5) is 4.39 Å². The zero-order valence-corrected chi connectivity index (χ0v) is 19.3. The van der Waals surface area contributed by atoms with E-state index in [9.17, 15) is 19.1 Å². The molecule has 2 aromatic carbocycles. The van der Waals surface area contributed by atoms with Crippen LogP contribution in [0.25, 0.3) is 10.9 Å². The first-order valence-corrected chi connectivity index (χ1v) is 11.4. The van der Waals surface area contributed by atoms with Gasteiger partial charge in [-0.2, -0.15) is 0 Å². The fraction of sp³-hybridized carbons (Fsp3) is 0.360. The van der Waals surface area contributed by atoms with Gasteiger partial charge in [0.1, 0.15) is 17.6 Å². The summed E-state index contributed by atoms with van der Waals surface area (Å²) in [5, 5.41) is 11.1. The number of ether oxygens (including phenoxy) is 1. The van der Waals surface area contributed by atoms with Gasteiger partial charge in [0.25, 0.3) is 5.91 Å². The summed E-state index contributed by atoms with van der Waals surface area (Å²) in [6.45, 7) is 1.73. The second-order valence-electron chi connectivity index (χ2n) is 8.36. The second kappa shape index (κ2) is 9.43. The minimum absolute atomic E-state index is 0.0916. The number of halogens is 2. The molecule has 0 saturated carbocycles. The van der Waals surface area contributed by atoms with Crippen LogP contribution in [-0.2, 0) is 22.4 Å². The predicted octanol–water partition coefficient (Wildman–Crippen LogP) is 4.86. The van der Waals surface area contributed by atoms with Crippen LogP contribution in [0.2, 0.25) is 5.02 Å². The maximum absolute atomic E-state index is 14.1. The van der Waals surface area contributed by atoms with Crippen LogP contribution in [0.3, 0.4) is 0 Å². The molecule has 0 radical (unpaired) electrons. The third-order valence-electron chi connectivity index (χ3n) is 6.44. The van der Waals surface area contributed by atoms with E-state index in [-0.39, 0.29) is 24.4 Å². The number of carbonyl (C=O) groups excluding carboxylic acids is 1. The van der Waals surface area contributed by atoms with Crippen LogP contribution in [0.1, 0.15) is 37.1 Å². The lowest BCUT2D eigenvalue weighted by Crippen LogP contribution is -2.43. The minimum atomic E-state index is -0.907. The van der Waals surface area contributed by atoms with E-state index in [0.717, 1.165) is 16.8 Å². The molecule has 1 N–H and O–H groups in total. The van der Waals surface area contributed by atoms with Crippen molar-refractivity contribution >= 4 is 34.4 Å². The van der Waals surface area contributed by atoms with E-state index in [0.29, 0.717) is 41.8 Å². The van der Waals surface area contributed by atoms with E-state index >= 15 is 0 Å². The highest BCUT2D eigenvalue weighted by atomic mass is 35.5. The number of carbonyl (C=O) groups is 2. The summed E-state index contributed by atoms with van der Waals surface area (Å²) in [7, 11) is 1.75. The van der Waals surface area contributed by atoms with Crippen molar-refractivity contribution in [3.8, 4) is 5.75 Å². The molecule has 3 aromatic rings. The number of carboxylic acid groups (broad SMARTS) is 1. The normalized spacial score (nSPS) is 16.3. The molecule has 6 nitrogen and oxygen atoms in total. The molecule has 1 amide bonds. The highest BCUT2D eigenvalue weighted by Gasteiger charge is 2.32. The molecule has 0 bridgehead atoms. The zero-order valence-electron chi connectivity index (χ0n) is 18.6. The summed E-state index contributed by atoms with van der Waals surface area (Å²) >= 11 is 5.88. The van der Waals surface area contributed by atoms with Crippen molar-refractivity contribution < 1.29 is 23.8 Å². The van der Waals surface area contributed by atoms with E-state index in [1.807, 2.05) is 11.5 Å². The third kappa shape index (κ3) is 4.55. The Kier molecular flexibility index (Phi) is 6.61. The molecule has 1 aromatic heterocycles. The van der Waals surface area contributed by atoms with E-state index in [2.05, 4.69) is 0 Å². The summed E-state index contributed by atoms with van der Waals surface area (Å²) in [5.41, 5.74) is 2.55. The molecule has 4 rings (SSSR count). The fourth-order valence-electron chi connectivity index (χ4n) is 4.68. The van der Waals surface area contributed by atoms with Crippen molar-refractivity contribution in [2.75, 3.05) is 13.7 Å². The number of fused-ring (bicyclic) bond motifs is 3. The highest BCUT2D eigenvalue weighted by molar-refractivity contribution is 6.30. The lowest BCUT2D eigenvalue weighted by molar-refractivity contribution is -0.141. The Labute approximate surface area is 196 Å². The van der Waals surface area contributed by atoms with Gasteiger partial charge in [-0.05, 0) is 73.7 Å². The molecule has 2 atom stereocenters. The van der Waals surface area contributed by atoms with Gasteiger partial charge in [0.05, 0.1) is 0 Å². The van der Waals surface area contributed by atoms with Crippen molar-refractivity contribution in [1.82, 2.24) is 9.47 Å². The van der Waals surface area contributed by atoms with E-state index in [4.69, 9.17) is 16.3 Å². The third-order valence-corrected chi connectivity index (χ3v) is 6.69. The van der Waals surface area contributed by atoms with Gasteiger partial charge in [0.15, 0.2) is 6.61 Å². The number of hydrogen-bond acceptors (Lipinski definition) is 3. The molecular formula is C25H26ClFN2O4. The number of benzene rings is 2. The lowest BCUT2D eigenvalue weighted by Gasteiger charge is -2.32.